The minimum atomic E-state index is -0.438. The molecule has 1 aromatic carbocycles. The lowest BCUT2D eigenvalue weighted by molar-refractivity contribution is -0.384. The Morgan fingerprint density at radius 1 is 1.54 bits per heavy atom. The van der Waals surface area contributed by atoms with Crippen molar-refractivity contribution >= 4 is 17.5 Å². The van der Waals surface area contributed by atoms with E-state index in [0.29, 0.717) is 11.3 Å². The van der Waals surface area contributed by atoms with Crippen molar-refractivity contribution < 1.29 is 4.92 Å². The van der Waals surface area contributed by atoms with Gasteiger partial charge in [-0.25, -0.2) is 0 Å². The highest BCUT2D eigenvalue weighted by atomic mass is 16.6. The van der Waals surface area contributed by atoms with Crippen LogP contribution in [0.4, 0.5) is 11.4 Å². The largest absolute Gasteiger partial charge is 0.398 e. The van der Waals surface area contributed by atoms with Gasteiger partial charge in [0.1, 0.15) is 0 Å². The number of benzene rings is 1. The van der Waals surface area contributed by atoms with E-state index in [1.165, 1.54) is 18.2 Å². The second kappa shape index (κ2) is 3.71. The number of nitro benzene ring substituents is 1. The number of anilines is 1. The van der Waals surface area contributed by atoms with Crippen molar-refractivity contribution in [1.82, 2.24) is 0 Å². The highest BCUT2D eigenvalue weighted by Crippen LogP contribution is 2.20. The van der Waals surface area contributed by atoms with Crippen molar-refractivity contribution in [1.29, 1.82) is 0 Å². The van der Waals surface area contributed by atoms with Gasteiger partial charge >= 0.3 is 0 Å². The molecule has 1 aromatic rings. The maximum atomic E-state index is 10.4. The molecule has 0 atom stereocenters. The van der Waals surface area contributed by atoms with Crippen LogP contribution in [0, 0.1) is 10.1 Å². The number of hydrogen-bond acceptors (Lipinski definition) is 3. The highest BCUT2D eigenvalue weighted by Gasteiger charge is 2.06. The number of nitrogens with two attached hydrogens (primary N) is 1. The van der Waals surface area contributed by atoms with Crippen LogP contribution in [0.2, 0.25) is 0 Å². The first-order valence-corrected chi connectivity index (χ1v) is 3.81. The molecule has 0 aliphatic heterocycles. The minimum absolute atomic E-state index is 0.0577. The molecule has 68 valence electrons. The van der Waals surface area contributed by atoms with Crippen molar-refractivity contribution in [2.45, 2.75) is 6.92 Å². The summed E-state index contributed by atoms with van der Waals surface area (Å²) in [5.41, 5.74) is 6.88. The monoisotopic (exact) mass is 178 g/mol. The number of nitrogen functional groups attached to an aromatic ring is 1. The van der Waals surface area contributed by atoms with Gasteiger partial charge in [-0.2, -0.15) is 0 Å². The van der Waals surface area contributed by atoms with Crippen LogP contribution in [0.1, 0.15) is 12.5 Å². The average Bonchev–Trinajstić information content (AvgIpc) is 2.08. The van der Waals surface area contributed by atoms with Crippen molar-refractivity contribution in [3.63, 3.8) is 0 Å². The first kappa shape index (κ1) is 9.25. The molecule has 0 radical (unpaired) electrons. The van der Waals surface area contributed by atoms with Crippen LogP contribution in [-0.4, -0.2) is 4.92 Å². The number of nitro groups is 1. The third-order valence-electron chi connectivity index (χ3n) is 1.63. The predicted octanol–water partition coefficient (Wildman–Crippen LogP) is 2.21. The molecule has 0 aliphatic rings. The number of nitrogens with zero attached hydrogens (tertiary/aromatic N) is 1. The lowest BCUT2D eigenvalue weighted by Crippen LogP contribution is -1.92. The van der Waals surface area contributed by atoms with Gasteiger partial charge in [0.05, 0.1) is 4.92 Å². The van der Waals surface area contributed by atoms with E-state index in [1.54, 1.807) is 12.2 Å². The van der Waals surface area contributed by atoms with Gasteiger partial charge in [-0.05, 0) is 13.0 Å². The highest BCUT2D eigenvalue weighted by molar-refractivity contribution is 5.67. The molecule has 0 heterocycles. The van der Waals surface area contributed by atoms with E-state index in [2.05, 4.69) is 0 Å². The normalized spacial score (nSPS) is 10.5. The lowest BCUT2D eigenvalue weighted by atomic mass is 10.1. The van der Waals surface area contributed by atoms with Gasteiger partial charge in [0.2, 0.25) is 0 Å². The predicted molar refractivity (Wildman–Crippen MR) is 52.2 cm³/mol. The second-order valence-electron chi connectivity index (χ2n) is 2.57. The van der Waals surface area contributed by atoms with Crippen LogP contribution >= 0.6 is 0 Å². The van der Waals surface area contributed by atoms with Gasteiger partial charge in [0.15, 0.2) is 0 Å². The molecule has 0 fully saturated rings. The lowest BCUT2D eigenvalue weighted by Gasteiger charge is -1.98. The van der Waals surface area contributed by atoms with Crippen molar-refractivity contribution in [3.05, 3.63) is 40.0 Å². The van der Waals surface area contributed by atoms with Crippen molar-refractivity contribution in [2.24, 2.45) is 0 Å². The van der Waals surface area contributed by atoms with E-state index in [9.17, 15) is 10.1 Å². The maximum absolute atomic E-state index is 10.4. The quantitative estimate of drug-likeness (QED) is 0.428. The molecule has 0 aromatic heterocycles. The summed E-state index contributed by atoms with van der Waals surface area (Å²) in [6.45, 7) is 1.83. The molecule has 1 rings (SSSR count). The Kier molecular flexibility index (Phi) is 2.64. The molecule has 0 aliphatic carbocycles. The van der Waals surface area contributed by atoms with Crippen molar-refractivity contribution in [3.8, 4) is 0 Å². The zero-order chi connectivity index (χ0) is 9.84. The van der Waals surface area contributed by atoms with Crippen LogP contribution in [-0.2, 0) is 0 Å². The Morgan fingerprint density at radius 2 is 2.23 bits per heavy atom. The van der Waals surface area contributed by atoms with E-state index >= 15 is 0 Å². The minimum Gasteiger partial charge on any atom is -0.398 e. The summed E-state index contributed by atoms with van der Waals surface area (Å²) in [5, 5.41) is 10.4. The van der Waals surface area contributed by atoms with E-state index in [-0.39, 0.29) is 5.69 Å². The molecule has 0 saturated carbocycles. The summed E-state index contributed by atoms with van der Waals surface area (Å²) in [7, 11) is 0. The smallest absolute Gasteiger partial charge is 0.270 e. The van der Waals surface area contributed by atoms with Gasteiger partial charge < -0.3 is 5.73 Å². The van der Waals surface area contributed by atoms with Crippen LogP contribution in [0.15, 0.2) is 24.3 Å². The maximum Gasteiger partial charge on any atom is 0.270 e. The molecule has 2 N–H and O–H groups in total. The van der Waals surface area contributed by atoms with E-state index in [0.717, 1.165) is 0 Å². The Hall–Kier alpha value is -1.84. The molecular formula is C9H10N2O2. The molecule has 13 heavy (non-hydrogen) atoms. The molecular weight excluding hydrogens is 168 g/mol. The standard InChI is InChI=1S/C9H10N2O2/c1-2-3-7-6-8(11(12)13)4-5-9(7)10/h2-6H,10H2,1H3/b3-2-. The van der Waals surface area contributed by atoms with E-state index < -0.39 is 4.92 Å². The summed E-state index contributed by atoms with van der Waals surface area (Å²) < 4.78 is 0. The molecule has 0 bridgehead atoms. The summed E-state index contributed by atoms with van der Waals surface area (Å²) in [5.74, 6) is 0. The Bertz CT molecular complexity index is 359. The van der Waals surface area contributed by atoms with Crippen LogP contribution in [0.5, 0.6) is 0 Å². The molecule has 4 nitrogen and oxygen atoms in total. The van der Waals surface area contributed by atoms with Gasteiger partial charge in [0.25, 0.3) is 5.69 Å². The zero-order valence-corrected chi connectivity index (χ0v) is 7.23. The van der Waals surface area contributed by atoms with Crippen LogP contribution in [0.3, 0.4) is 0 Å². The van der Waals surface area contributed by atoms with Crippen LogP contribution < -0.4 is 5.73 Å². The molecule has 0 spiro atoms. The molecule has 4 heteroatoms. The first-order valence-electron chi connectivity index (χ1n) is 3.81. The summed E-state index contributed by atoms with van der Waals surface area (Å²) in [6.07, 6.45) is 3.53. The molecule has 0 amide bonds. The van der Waals surface area contributed by atoms with E-state index in [4.69, 9.17) is 5.73 Å². The fraction of sp³-hybridized carbons (Fsp3) is 0.111. The Labute approximate surface area is 75.8 Å². The van der Waals surface area contributed by atoms with Gasteiger partial charge in [-0.1, -0.05) is 12.2 Å². The first-order chi connectivity index (χ1) is 6.15. The number of hydrogen-bond donors (Lipinski definition) is 1. The second-order valence-corrected chi connectivity index (χ2v) is 2.57. The van der Waals surface area contributed by atoms with Gasteiger partial charge in [-0.15, -0.1) is 0 Å². The van der Waals surface area contributed by atoms with Gasteiger partial charge in [0, 0.05) is 23.4 Å². The Balaban J connectivity index is 3.18. The van der Waals surface area contributed by atoms with E-state index in [1.807, 2.05) is 6.92 Å². The SMILES string of the molecule is C/C=C\c1cc([N+](=O)[O-])ccc1N. The number of non-ortho nitro benzene ring substituents is 1. The fourth-order valence-electron chi connectivity index (χ4n) is 1.000. The summed E-state index contributed by atoms with van der Waals surface area (Å²) in [6, 6.07) is 4.38. The van der Waals surface area contributed by atoms with Crippen LogP contribution in [0.25, 0.3) is 6.08 Å². The number of rotatable bonds is 2. The average molecular weight is 178 g/mol. The number of allylic oxidation sites excluding steroid dienone is 1. The Morgan fingerprint density at radius 3 is 2.77 bits per heavy atom. The molecule has 0 saturated heterocycles. The summed E-state index contributed by atoms with van der Waals surface area (Å²) >= 11 is 0. The van der Waals surface area contributed by atoms with Crippen molar-refractivity contribution in [2.75, 3.05) is 5.73 Å². The third-order valence-corrected chi connectivity index (χ3v) is 1.63. The molecule has 0 unspecified atom stereocenters. The summed E-state index contributed by atoms with van der Waals surface area (Å²) in [4.78, 5) is 9.97. The third kappa shape index (κ3) is 2.05. The fourth-order valence-corrected chi connectivity index (χ4v) is 1.000. The zero-order valence-electron chi connectivity index (χ0n) is 7.23. The van der Waals surface area contributed by atoms with Gasteiger partial charge in [-0.3, -0.25) is 10.1 Å². The topological polar surface area (TPSA) is 69.2 Å².